The molecule has 3 aromatic heterocycles. The highest BCUT2D eigenvalue weighted by atomic mass is 32.1. The van der Waals surface area contributed by atoms with Crippen LogP contribution in [-0.2, 0) is 13.1 Å². The molecule has 0 aromatic carbocycles. The number of amides is 1. The van der Waals surface area contributed by atoms with Crippen molar-refractivity contribution >= 4 is 33.1 Å². The van der Waals surface area contributed by atoms with Crippen LogP contribution in [0.4, 0.5) is 5.69 Å². The first-order chi connectivity index (χ1) is 15.3. The van der Waals surface area contributed by atoms with Gasteiger partial charge in [0, 0.05) is 50.7 Å². The predicted octanol–water partition coefficient (Wildman–Crippen LogP) is 1.54. The maximum absolute atomic E-state index is 12.6. The van der Waals surface area contributed by atoms with E-state index < -0.39 is 0 Å². The van der Waals surface area contributed by atoms with Gasteiger partial charge < -0.3 is 15.2 Å². The molecule has 170 valence electrons. The van der Waals surface area contributed by atoms with Crippen molar-refractivity contribution < 1.29 is 4.79 Å². The Balaban J connectivity index is 1.49. The Morgan fingerprint density at radius 1 is 1.31 bits per heavy atom. The number of thiophene rings is 1. The van der Waals surface area contributed by atoms with Crippen LogP contribution in [-0.4, -0.2) is 58.1 Å². The number of hydrogen-bond donors (Lipinski definition) is 2. The predicted molar refractivity (Wildman–Crippen MR) is 127 cm³/mol. The number of piperazine rings is 1. The van der Waals surface area contributed by atoms with Crippen LogP contribution >= 0.6 is 11.3 Å². The van der Waals surface area contributed by atoms with Gasteiger partial charge in [0.2, 0.25) is 0 Å². The molecule has 4 rings (SSSR count). The fraction of sp³-hybridized carbons (Fsp3) is 0.455. The highest BCUT2D eigenvalue weighted by Crippen LogP contribution is 2.26. The number of aryl methyl sites for hydroxylation is 1. The smallest absolute Gasteiger partial charge is 0.328 e. The first kappa shape index (κ1) is 22.2. The lowest BCUT2D eigenvalue weighted by Gasteiger charge is -2.41. The van der Waals surface area contributed by atoms with Crippen LogP contribution in [0, 0.1) is 6.92 Å². The van der Waals surface area contributed by atoms with Gasteiger partial charge in [-0.1, -0.05) is 0 Å². The lowest BCUT2D eigenvalue weighted by atomic mass is 10.1. The first-order valence-electron chi connectivity index (χ1n) is 10.8. The van der Waals surface area contributed by atoms with Gasteiger partial charge in [-0.2, -0.15) is 0 Å². The van der Waals surface area contributed by atoms with E-state index >= 15 is 0 Å². The molecule has 10 heteroatoms. The average molecular weight is 457 g/mol. The van der Waals surface area contributed by atoms with E-state index in [1.807, 2.05) is 19.1 Å². The van der Waals surface area contributed by atoms with Gasteiger partial charge in [0.25, 0.3) is 11.5 Å². The van der Waals surface area contributed by atoms with Crippen LogP contribution in [0.15, 0.2) is 27.8 Å². The molecule has 1 saturated heterocycles. The molecule has 0 aliphatic carbocycles. The third-order valence-electron chi connectivity index (χ3n) is 6.01. The minimum Gasteiger partial charge on any atom is -0.367 e. The van der Waals surface area contributed by atoms with Crippen molar-refractivity contribution in [2.45, 2.75) is 39.9 Å². The SMILES string of the molecule is CCn1c(=O)[nH]c2cc(CN3CCN(c4ccc(C(=O)NC)nc4C)CC3C)sc2c1=O. The van der Waals surface area contributed by atoms with Gasteiger partial charge in [0.05, 0.1) is 16.9 Å². The molecule has 3 aromatic rings. The zero-order chi connectivity index (χ0) is 23.0. The van der Waals surface area contributed by atoms with Crippen molar-refractivity contribution in [1.29, 1.82) is 0 Å². The average Bonchev–Trinajstić information content (AvgIpc) is 3.17. The zero-order valence-corrected chi connectivity index (χ0v) is 19.6. The molecule has 0 saturated carbocycles. The molecule has 0 radical (unpaired) electrons. The molecule has 1 amide bonds. The van der Waals surface area contributed by atoms with E-state index in [2.05, 4.69) is 32.0 Å². The van der Waals surface area contributed by atoms with Crippen LogP contribution in [0.5, 0.6) is 0 Å². The first-order valence-corrected chi connectivity index (χ1v) is 11.6. The number of aromatic nitrogens is 3. The largest absolute Gasteiger partial charge is 0.367 e. The molecule has 0 bridgehead atoms. The van der Waals surface area contributed by atoms with Crippen molar-refractivity contribution in [1.82, 2.24) is 24.8 Å². The van der Waals surface area contributed by atoms with Crippen LogP contribution in [0.25, 0.3) is 10.2 Å². The van der Waals surface area contributed by atoms with E-state index in [0.717, 1.165) is 42.4 Å². The summed E-state index contributed by atoms with van der Waals surface area (Å²) in [5, 5.41) is 2.60. The maximum Gasteiger partial charge on any atom is 0.328 e. The van der Waals surface area contributed by atoms with Gasteiger partial charge in [-0.15, -0.1) is 11.3 Å². The topological polar surface area (TPSA) is 103 Å². The number of pyridine rings is 1. The van der Waals surface area contributed by atoms with Crippen molar-refractivity contribution in [2.75, 3.05) is 31.6 Å². The highest BCUT2D eigenvalue weighted by Gasteiger charge is 2.26. The second kappa shape index (κ2) is 8.87. The van der Waals surface area contributed by atoms with Gasteiger partial charge >= 0.3 is 5.69 Å². The van der Waals surface area contributed by atoms with E-state index in [-0.39, 0.29) is 17.2 Å². The van der Waals surface area contributed by atoms with E-state index in [1.165, 1.54) is 15.9 Å². The van der Waals surface area contributed by atoms with Gasteiger partial charge in [-0.05, 0) is 39.0 Å². The highest BCUT2D eigenvalue weighted by molar-refractivity contribution is 7.18. The van der Waals surface area contributed by atoms with Crippen LogP contribution in [0.3, 0.4) is 0 Å². The number of H-pyrrole nitrogens is 1. The number of carbonyl (C=O) groups is 1. The number of aromatic amines is 1. The summed E-state index contributed by atoms with van der Waals surface area (Å²) in [4.78, 5) is 49.5. The van der Waals surface area contributed by atoms with Crippen LogP contribution < -0.4 is 21.5 Å². The Labute approximate surface area is 189 Å². The van der Waals surface area contributed by atoms with E-state index in [1.54, 1.807) is 20.0 Å². The number of nitrogens with zero attached hydrogens (tertiary/aromatic N) is 4. The van der Waals surface area contributed by atoms with Gasteiger partial charge in [-0.25, -0.2) is 9.78 Å². The molecule has 4 heterocycles. The monoisotopic (exact) mass is 456 g/mol. The molecular weight excluding hydrogens is 428 g/mol. The third-order valence-corrected chi connectivity index (χ3v) is 7.12. The summed E-state index contributed by atoms with van der Waals surface area (Å²) in [6.07, 6.45) is 0. The summed E-state index contributed by atoms with van der Waals surface area (Å²) in [6.45, 7) is 9.54. The molecule has 0 spiro atoms. The fourth-order valence-electron chi connectivity index (χ4n) is 4.25. The lowest BCUT2D eigenvalue weighted by Crippen LogP contribution is -2.51. The zero-order valence-electron chi connectivity index (χ0n) is 18.8. The summed E-state index contributed by atoms with van der Waals surface area (Å²) < 4.78 is 1.83. The standard InChI is InChI=1S/C22H28N6O3S/c1-5-28-21(30)19-17(25-22(28)31)10-15(32-19)12-26-8-9-27(11-13(26)2)18-7-6-16(20(29)23-4)24-14(18)3/h6-7,10,13H,5,8-9,11-12H2,1-4H3,(H,23,29)(H,25,31). The Kier molecular flexibility index (Phi) is 6.16. The van der Waals surface area contributed by atoms with Gasteiger partial charge in [0.1, 0.15) is 10.4 Å². The molecule has 32 heavy (non-hydrogen) atoms. The Morgan fingerprint density at radius 2 is 2.09 bits per heavy atom. The number of nitrogens with one attached hydrogen (secondary N) is 2. The molecule has 1 unspecified atom stereocenters. The second-order valence-electron chi connectivity index (χ2n) is 8.08. The normalized spacial score (nSPS) is 17.1. The molecule has 2 N–H and O–H groups in total. The van der Waals surface area contributed by atoms with E-state index in [0.29, 0.717) is 28.5 Å². The number of fused-ring (bicyclic) bond motifs is 1. The minimum atomic E-state index is -0.359. The molecule has 1 aliphatic heterocycles. The summed E-state index contributed by atoms with van der Waals surface area (Å²) in [7, 11) is 1.60. The summed E-state index contributed by atoms with van der Waals surface area (Å²) in [5.41, 5.74) is 2.35. The number of hydrogen-bond acceptors (Lipinski definition) is 7. The third kappa shape index (κ3) is 4.07. The van der Waals surface area contributed by atoms with Gasteiger partial charge in [-0.3, -0.25) is 19.1 Å². The Hall–Kier alpha value is -2.98. The molecule has 1 fully saturated rings. The van der Waals surface area contributed by atoms with Crippen molar-refractivity contribution in [3.8, 4) is 0 Å². The quantitative estimate of drug-likeness (QED) is 0.604. The van der Waals surface area contributed by atoms with Crippen molar-refractivity contribution in [2.24, 2.45) is 0 Å². The Morgan fingerprint density at radius 3 is 2.75 bits per heavy atom. The number of anilines is 1. The van der Waals surface area contributed by atoms with Crippen molar-refractivity contribution in [3.63, 3.8) is 0 Å². The van der Waals surface area contributed by atoms with Crippen molar-refractivity contribution in [3.05, 3.63) is 55.3 Å². The maximum atomic E-state index is 12.6. The van der Waals surface area contributed by atoms with E-state index in [9.17, 15) is 14.4 Å². The summed E-state index contributed by atoms with van der Waals surface area (Å²) in [5.74, 6) is -0.187. The molecular formula is C22H28N6O3S. The number of rotatable bonds is 5. The molecule has 1 aliphatic rings. The minimum absolute atomic E-state index is 0.187. The second-order valence-corrected chi connectivity index (χ2v) is 9.22. The van der Waals surface area contributed by atoms with Gasteiger partial charge in [0.15, 0.2) is 0 Å². The molecule has 1 atom stereocenters. The number of carbonyl (C=O) groups excluding carboxylic acids is 1. The Bertz CT molecular complexity index is 1280. The fourth-order valence-corrected chi connectivity index (χ4v) is 5.33. The lowest BCUT2D eigenvalue weighted by molar-refractivity contribution is 0.0958. The van der Waals surface area contributed by atoms with Crippen LogP contribution in [0.2, 0.25) is 0 Å². The van der Waals surface area contributed by atoms with E-state index in [4.69, 9.17) is 0 Å². The van der Waals surface area contributed by atoms with Crippen LogP contribution in [0.1, 0.15) is 34.9 Å². The molecule has 9 nitrogen and oxygen atoms in total. The summed E-state index contributed by atoms with van der Waals surface area (Å²) in [6, 6.07) is 5.95. The summed E-state index contributed by atoms with van der Waals surface area (Å²) >= 11 is 1.46.